The van der Waals surface area contributed by atoms with Crippen molar-refractivity contribution >= 4 is 5.83 Å². The van der Waals surface area contributed by atoms with Crippen LogP contribution in [0.25, 0.3) is 28.1 Å². The van der Waals surface area contributed by atoms with E-state index in [4.69, 9.17) is 0 Å². The average molecular weight is 588 g/mol. The van der Waals surface area contributed by atoms with E-state index in [1.807, 2.05) is 0 Å². The number of alkyl halides is 5. The summed E-state index contributed by atoms with van der Waals surface area (Å²) >= 11 is 0. The van der Waals surface area contributed by atoms with E-state index in [1.54, 1.807) is 0 Å². The van der Waals surface area contributed by atoms with Crippen molar-refractivity contribution in [2.75, 3.05) is 0 Å². The molecule has 0 aliphatic rings. The fourth-order valence-electron chi connectivity index (χ4n) is 3.93. The Morgan fingerprint density at radius 1 is 0.610 bits per heavy atom. The minimum Gasteiger partial charge on any atom is -0.429 e. The molecule has 41 heavy (non-hydrogen) atoms. The lowest BCUT2D eigenvalue weighted by Crippen LogP contribution is -2.23. The van der Waals surface area contributed by atoms with Gasteiger partial charge in [0.05, 0.1) is 11.1 Å². The molecule has 4 aromatic carbocycles. The van der Waals surface area contributed by atoms with E-state index in [-0.39, 0.29) is 34.4 Å². The molecule has 0 spiro atoms. The van der Waals surface area contributed by atoms with E-state index in [0.717, 1.165) is 43.3 Å². The number of halogens is 11. The first-order chi connectivity index (χ1) is 19.1. The van der Waals surface area contributed by atoms with E-state index < -0.39 is 69.6 Å². The van der Waals surface area contributed by atoms with E-state index in [9.17, 15) is 48.3 Å². The quantitative estimate of drug-likeness (QED) is 0.204. The molecule has 4 rings (SSSR count). The number of allylic oxidation sites excluding steroid dienone is 1. The van der Waals surface area contributed by atoms with Gasteiger partial charge in [-0.25, -0.2) is 26.3 Å². The zero-order chi connectivity index (χ0) is 30.3. The third kappa shape index (κ3) is 6.21. The van der Waals surface area contributed by atoms with Crippen molar-refractivity contribution < 1.29 is 53.0 Å². The van der Waals surface area contributed by atoms with Crippen LogP contribution in [-0.4, -0.2) is 0 Å². The molecule has 0 saturated heterocycles. The highest BCUT2D eigenvalue weighted by Gasteiger charge is 2.42. The maximum atomic E-state index is 14.9. The van der Waals surface area contributed by atoms with Gasteiger partial charge in [0.2, 0.25) is 0 Å². The second-order valence-electron chi connectivity index (χ2n) is 8.70. The highest BCUT2D eigenvalue weighted by molar-refractivity contribution is 5.73. The zero-order valence-corrected chi connectivity index (χ0v) is 20.5. The first-order valence-electron chi connectivity index (χ1n) is 11.4. The molecular formula is C29H15F11O. The summed E-state index contributed by atoms with van der Waals surface area (Å²) in [7, 11) is 0. The highest BCUT2D eigenvalue weighted by atomic mass is 19.4. The van der Waals surface area contributed by atoms with Crippen LogP contribution in [0.15, 0.2) is 78.6 Å². The summed E-state index contributed by atoms with van der Waals surface area (Å²) in [6.07, 6.45) is -9.94. The number of benzene rings is 4. The molecular weight excluding hydrogens is 573 g/mol. The van der Waals surface area contributed by atoms with Crippen molar-refractivity contribution in [1.29, 1.82) is 0 Å². The summed E-state index contributed by atoms with van der Waals surface area (Å²) in [4.78, 5) is 0. The first kappa shape index (κ1) is 29.6. The molecule has 0 saturated carbocycles. The van der Waals surface area contributed by atoms with Gasteiger partial charge in [-0.2, -0.15) is 22.0 Å². The number of hydrogen-bond donors (Lipinski definition) is 0. The Morgan fingerprint density at radius 3 is 1.56 bits per heavy atom. The lowest BCUT2D eigenvalue weighted by atomic mass is 9.98. The summed E-state index contributed by atoms with van der Waals surface area (Å²) in [6, 6.07) is 10.3. The SMILES string of the molecule is C/C(F)=C(\F)c1ccc(-c2cc(F)c(-c3ccc(OC(F)(F)c4cc(F)c(C(F)(F)F)c(F)c4)cc3)c(F)c2)cc1. The van der Waals surface area contributed by atoms with Gasteiger partial charge < -0.3 is 4.74 Å². The van der Waals surface area contributed by atoms with E-state index in [2.05, 4.69) is 4.74 Å². The molecule has 0 radical (unpaired) electrons. The minimum absolute atomic E-state index is 0.0623. The van der Waals surface area contributed by atoms with Crippen LogP contribution in [0.5, 0.6) is 5.75 Å². The van der Waals surface area contributed by atoms with Gasteiger partial charge in [0, 0.05) is 5.56 Å². The lowest BCUT2D eigenvalue weighted by Gasteiger charge is -2.20. The van der Waals surface area contributed by atoms with Gasteiger partial charge in [0.25, 0.3) is 0 Å². The minimum atomic E-state index is -5.46. The molecule has 0 atom stereocenters. The number of rotatable bonds is 6. The number of ether oxygens (including phenoxy) is 1. The number of hydrogen-bond acceptors (Lipinski definition) is 1. The average Bonchev–Trinajstić information content (AvgIpc) is 2.87. The molecule has 0 bridgehead atoms. The molecule has 0 unspecified atom stereocenters. The maximum Gasteiger partial charge on any atom is 0.426 e. The molecule has 1 nitrogen and oxygen atoms in total. The molecule has 0 N–H and O–H groups in total. The van der Waals surface area contributed by atoms with Crippen LogP contribution in [0.3, 0.4) is 0 Å². The van der Waals surface area contributed by atoms with Crippen LogP contribution in [-0.2, 0) is 12.3 Å². The molecule has 0 aliphatic carbocycles. The topological polar surface area (TPSA) is 9.23 Å². The van der Waals surface area contributed by atoms with E-state index in [0.29, 0.717) is 0 Å². The summed E-state index contributed by atoms with van der Waals surface area (Å²) < 4.78 is 156. The standard InChI is InChI=1S/C29H15F11O/c1-14(30)27(35)17-4-2-15(3-5-17)18-10-21(31)25(22(32)11-18)16-6-8-20(9-7-16)41-29(39,40)19-12-23(33)26(24(34)13-19)28(36,37)38/h2-13H,1H3/b27-14+. The van der Waals surface area contributed by atoms with Crippen molar-refractivity contribution in [3.63, 3.8) is 0 Å². The van der Waals surface area contributed by atoms with Gasteiger partial charge in [-0.3, -0.25) is 0 Å². The van der Waals surface area contributed by atoms with Crippen LogP contribution in [0.1, 0.15) is 23.6 Å². The molecule has 0 aromatic heterocycles. The molecule has 0 heterocycles. The maximum absolute atomic E-state index is 14.9. The molecule has 214 valence electrons. The third-order valence-corrected chi connectivity index (χ3v) is 5.87. The van der Waals surface area contributed by atoms with E-state index >= 15 is 0 Å². The summed E-state index contributed by atoms with van der Waals surface area (Å²) in [5.74, 6) is -9.41. The van der Waals surface area contributed by atoms with Crippen LogP contribution < -0.4 is 4.74 Å². The first-order valence-corrected chi connectivity index (χ1v) is 11.4. The van der Waals surface area contributed by atoms with Gasteiger partial charge in [-0.05, 0) is 60.0 Å². The van der Waals surface area contributed by atoms with Crippen molar-refractivity contribution in [1.82, 2.24) is 0 Å². The third-order valence-electron chi connectivity index (χ3n) is 5.87. The van der Waals surface area contributed by atoms with Gasteiger partial charge in [0.15, 0.2) is 5.83 Å². The second kappa shape index (κ2) is 10.9. The summed E-state index contributed by atoms with van der Waals surface area (Å²) in [5.41, 5.74) is -4.27. The van der Waals surface area contributed by atoms with Crippen molar-refractivity contribution in [3.8, 4) is 28.0 Å². The molecule has 0 aliphatic heterocycles. The van der Waals surface area contributed by atoms with E-state index in [1.165, 1.54) is 24.3 Å². The predicted molar refractivity (Wildman–Crippen MR) is 128 cm³/mol. The Bertz CT molecular complexity index is 1570. The fourth-order valence-corrected chi connectivity index (χ4v) is 3.93. The Kier molecular flexibility index (Phi) is 7.88. The van der Waals surface area contributed by atoms with Crippen LogP contribution in [0.4, 0.5) is 48.3 Å². The Hall–Kier alpha value is -4.35. The van der Waals surface area contributed by atoms with Gasteiger partial charge in [0.1, 0.15) is 40.4 Å². The lowest BCUT2D eigenvalue weighted by molar-refractivity contribution is -0.186. The normalized spacial score (nSPS) is 12.8. The monoisotopic (exact) mass is 588 g/mol. The molecule has 4 aromatic rings. The summed E-state index contributed by atoms with van der Waals surface area (Å²) in [5, 5.41) is 0. The summed E-state index contributed by atoms with van der Waals surface area (Å²) in [6.45, 7) is 0.929. The van der Waals surface area contributed by atoms with Crippen LogP contribution in [0, 0.1) is 23.3 Å². The fraction of sp³-hybridized carbons (Fsp3) is 0.103. The van der Waals surface area contributed by atoms with Gasteiger partial charge in [-0.15, -0.1) is 0 Å². The van der Waals surface area contributed by atoms with Crippen molar-refractivity contribution in [3.05, 3.63) is 119 Å². The predicted octanol–water partition coefficient (Wildman–Crippen LogP) is 10.4. The highest BCUT2D eigenvalue weighted by Crippen LogP contribution is 2.39. The Labute approximate surface area is 225 Å². The molecule has 12 heteroatoms. The molecule has 0 fully saturated rings. The largest absolute Gasteiger partial charge is 0.429 e. The second-order valence-corrected chi connectivity index (χ2v) is 8.70. The molecule has 0 amide bonds. The van der Waals surface area contributed by atoms with Crippen LogP contribution >= 0.6 is 0 Å². The zero-order valence-electron chi connectivity index (χ0n) is 20.5. The van der Waals surface area contributed by atoms with Gasteiger partial charge in [-0.1, -0.05) is 36.4 Å². The Balaban J connectivity index is 1.57. The van der Waals surface area contributed by atoms with Crippen molar-refractivity contribution in [2.45, 2.75) is 19.2 Å². The van der Waals surface area contributed by atoms with Crippen molar-refractivity contribution in [2.24, 2.45) is 0 Å². The van der Waals surface area contributed by atoms with Gasteiger partial charge >= 0.3 is 12.3 Å². The Morgan fingerprint density at radius 2 is 1.10 bits per heavy atom. The smallest absolute Gasteiger partial charge is 0.426 e. The van der Waals surface area contributed by atoms with Crippen LogP contribution in [0.2, 0.25) is 0 Å².